The number of amides is 1. The summed E-state index contributed by atoms with van der Waals surface area (Å²) in [6, 6.07) is 7.43. The van der Waals surface area contributed by atoms with E-state index in [1.54, 1.807) is 6.07 Å². The van der Waals surface area contributed by atoms with Crippen LogP contribution < -0.4 is 9.62 Å². The first-order chi connectivity index (χ1) is 11.8. The van der Waals surface area contributed by atoms with Gasteiger partial charge in [-0.1, -0.05) is 32.0 Å². The fourth-order valence-corrected chi connectivity index (χ4v) is 3.94. The van der Waals surface area contributed by atoms with Crippen LogP contribution in [0.5, 0.6) is 0 Å². The number of hydrogen-bond acceptors (Lipinski definition) is 4. The summed E-state index contributed by atoms with van der Waals surface area (Å²) >= 11 is 0. The normalized spacial score (nSPS) is 17.7. The van der Waals surface area contributed by atoms with Gasteiger partial charge in [0.2, 0.25) is 15.9 Å². The molecule has 1 fully saturated rings. The topological polar surface area (TPSA) is 75.7 Å². The van der Waals surface area contributed by atoms with Crippen molar-refractivity contribution in [2.24, 2.45) is 0 Å². The van der Waals surface area contributed by atoms with Gasteiger partial charge in [0.1, 0.15) is 0 Å². The first-order valence-corrected chi connectivity index (χ1v) is 10.6. The summed E-state index contributed by atoms with van der Waals surface area (Å²) in [7, 11) is -3.47. The van der Waals surface area contributed by atoms with Gasteiger partial charge in [-0.25, -0.2) is 8.42 Å². The van der Waals surface area contributed by atoms with Gasteiger partial charge in [-0.2, -0.15) is 0 Å². The van der Waals surface area contributed by atoms with Crippen LogP contribution in [0.2, 0.25) is 0 Å². The molecule has 7 heteroatoms. The van der Waals surface area contributed by atoms with E-state index in [0.29, 0.717) is 12.2 Å². The molecule has 2 rings (SSSR count). The lowest BCUT2D eigenvalue weighted by Gasteiger charge is -2.26. The molecule has 25 heavy (non-hydrogen) atoms. The highest BCUT2D eigenvalue weighted by atomic mass is 32.2. The van der Waals surface area contributed by atoms with Crippen molar-refractivity contribution in [1.82, 2.24) is 5.32 Å². The van der Waals surface area contributed by atoms with Crippen LogP contribution in [0, 0.1) is 0 Å². The number of carbonyl (C=O) groups excluding carboxylic acids is 1. The number of benzene rings is 1. The molecule has 0 aromatic heterocycles. The summed E-state index contributed by atoms with van der Waals surface area (Å²) in [5, 5.41) is 2.83. The van der Waals surface area contributed by atoms with Crippen molar-refractivity contribution in [2.75, 3.05) is 30.3 Å². The highest BCUT2D eigenvalue weighted by Crippen LogP contribution is 2.29. The molecular formula is C18H28N2O4S. The third kappa shape index (κ3) is 5.71. The Morgan fingerprint density at radius 3 is 2.68 bits per heavy atom. The summed E-state index contributed by atoms with van der Waals surface area (Å²) in [5.74, 6) is 0.0277. The quantitative estimate of drug-likeness (QED) is 0.764. The van der Waals surface area contributed by atoms with Gasteiger partial charge in [-0.3, -0.25) is 9.10 Å². The lowest BCUT2D eigenvalue weighted by atomic mass is 10.0. The van der Waals surface area contributed by atoms with Crippen LogP contribution in [-0.2, 0) is 19.6 Å². The minimum absolute atomic E-state index is 0.0802. The Kier molecular flexibility index (Phi) is 6.84. The Labute approximate surface area is 150 Å². The average Bonchev–Trinajstić information content (AvgIpc) is 3.05. The first kappa shape index (κ1) is 19.7. The van der Waals surface area contributed by atoms with E-state index in [-0.39, 0.29) is 30.9 Å². The third-order valence-electron chi connectivity index (χ3n) is 4.32. The predicted octanol–water partition coefficient (Wildman–Crippen LogP) is 2.26. The van der Waals surface area contributed by atoms with Crippen molar-refractivity contribution in [2.45, 2.75) is 45.1 Å². The minimum Gasteiger partial charge on any atom is -0.376 e. The molecule has 1 atom stereocenters. The lowest BCUT2D eigenvalue weighted by molar-refractivity contribution is -0.121. The molecule has 140 valence electrons. The third-order valence-corrected chi connectivity index (χ3v) is 5.50. The minimum atomic E-state index is -3.47. The molecule has 1 N–H and O–H groups in total. The van der Waals surface area contributed by atoms with Crippen LogP contribution in [0.15, 0.2) is 24.3 Å². The number of rotatable bonds is 8. The highest BCUT2D eigenvalue weighted by Gasteiger charge is 2.22. The zero-order valence-corrected chi connectivity index (χ0v) is 16.0. The number of carbonyl (C=O) groups is 1. The van der Waals surface area contributed by atoms with E-state index >= 15 is 0 Å². The Morgan fingerprint density at radius 2 is 2.08 bits per heavy atom. The van der Waals surface area contributed by atoms with E-state index in [9.17, 15) is 13.2 Å². The lowest BCUT2D eigenvalue weighted by Crippen LogP contribution is -2.37. The Morgan fingerprint density at radius 1 is 1.36 bits per heavy atom. The van der Waals surface area contributed by atoms with Gasteiger partial charge < -0.3 is 10.1 Å². The van der Waals surface area contributed by atoms with E-state index in [1.165, 1.54) is 10.6 Å². The molecule has 0 saturated carbocycles. The molecule has 6 nitrogen and oxygen atoms in total. The Balaban J connectivity index is 2.03. The largest absolute Gasteiger partial charge is 0.376 e. The van der Waals surface area contributed by atoms with Gasteiger partial charge >= 0.3 is 0 Å². The number of nitrogens with one attached hydrogen (secondary N) is 1. The van der Waals surface area contributed by atoms with Gasteiger partial charge in [0.25, 0.3) is 0 Å². The number of anilines is 1. The summed E-state index contributed by atoms with van der Waals surface area (Å²) in [5.41, 5.74) is 1.60. The standard InChI is InChI=1S/C18H28N2O4S/c1-14(2)16-8-4-5-9-17(16)20(25(3,22)23)11-10-18(21)19-13-15-7-6-12-24-15/h4-5,8-9,14-15H,6-7,10-13H2,1-3H3,(H,19,21). The summed E-state index contributed by atoms with van der Waals surface area (Å²) < 4.78 is 31.3. The van der Waals surface area contributed by atoms with Crippen molar-refractivity contribution in [3.05, 3.63) is 29.8 Å². The maximum Gasteiger partial charge on any atom is 0.232 e. The van der Waals surface area contributed by atoms with E-state index in [0.717, 1.165) is 25.0 Å². The zero-order valence-electron chi connectivity index (χ0n) is 15.2. The summed E-state index contributed by atoms with van der Waals surface area (Å²) in [4.78, 5) is 12.1. The molecule has 1 aliphatic rings. The summed E-state index contributed by atoms with van der Waals surface area (Å²) in [6.07, 6.45) is 3.35. The molecule has 1 unspecified atom stereocenters. The molecular weight excluding hydrogens is 340 g/mol. The fourth-order valence-electron chi connectivity index (χ4n) is 2.99. The number of hydrogen-bond donors (Lipinski definition) is 1. The molecule has 1 heterocycles. The van der Waals surface area contributed by atoms with Gasteiger partial charge in [0.15, 0.2) is 0 Å². The molecule has 1 aliphatic heterocycles. The van der Waals surface area contributed by atoms with Crippen molar-refractivity contribution in [3.63, 3.8) is 0 Å². The van der Waals surface area contributed by atoms with Crippen LogP contribution in [0.25, 0.3) is 0 Å². The molecule has 0 radical (unpaired) electrons. The second kappa shape index (κ2) is 8.67. The maximum absolute atomic E-state index is 12.3. The zero-order chi connectivity index (χ0) is 18.4. The van der Waals surface area contributed by atoms with E-state index in [4.69, 9.17) is 4.74 Å². The van der Waals surface area contributed by atoms with Crippen LogP contribution in [0.1, 0.15) is 44.6 Å². The van der Waals surface area contributed by atoms with E-state index in [1.807, 2.05) is 32.0 Å². The van der Waals surface area contributed by atoms with Gasteiger partial charge in [0.05, 0.1) is 18.0 Å². The van der Waals surface area contributed by atoms with Crippen molar-refractivity contribution in [1.29, 1.82) is 0 Å². The SMILES string of the molecule is CC(C)c1ccccc1N(CCC(=O)NCC1CCCO1)S(C)(=O)=O. The monoisotopic (exact) mass is 368 g/mol. The molecule has 1 aromatic carbocycles. The second-order valence-electron chi connectivity index (χ2n) is 6.74. The van der Waals surface area contributed by atoms with Crippen molar-refractivity contribution >= 4 is 21.6 Å². The molecule has 0 aliphatic carbocycles. The molecule has 0 bridgehead atoms. The number of ether oxygens (including phenoxy) is 1. The van der Waals surface area contributed by atoms with Gasteiger partial charge in [-0.05, 0) is 30.4 Å². The van der Waals surface area contributed by atoms with Crippen LogP contribution in [0.4, 0.5) is 5.69 Å². The maximum atomic E-state index is 12.3. The average molecular weight is 368 g/mol. The number of para-hydroxylation sites is 1. The molecule has 1 saturated heterocycles. The first-order valence-electron chi connectivity index (χ1n) is 8.74. The molecule has 1 aromatic rings. The van der Waals surface area contributed by atoms with E-state index in [2.05, 4.69) is 5.32 Å². The van der Waals surface area contributed by atoms with Crippen molar-refractivity contribution in [3.8, 4) is 0 Å². The Hall–Kier alpha value is -1.60. The predicted molar refractivity (Wildman–Crippen MR) is 99.3 cm³/mol. The van der Waals surface area contributed by atoms with Gasteiger partial charge in [-0.15, -0.1) is 0 Å². The van der Waals surface area contributed by atoms with Crippen LogP contribution in [0.3, 0.4) is 0 Å². The molecule has 0 spiro atoms. The van der Waals surface area contributed by atoms with Crippen LogP contribution in [-0.4, -0.2) is 46.4 Å². The second-order valence-corrected chi connectivity index (χ2v) is 8.64. The number of nitrogens with zero attached hydrogens (tertiary/aromatic N) is 1. The highest BCUT2D eigenvalue weighted by molar-refractivity contribution is 7.92. The van der Waals surface area contributed by atoms with Crippen molar-refractivity contribution < 1.29 is 17.9 Å². The smallest absolute Gasteiger partial charge is 0.232 e. The molecule has 1 amide bonds. The Bertz CT molecular complexity index is 682. The van der Waals surface area contributed by atoms with E-state index < -0.39 is 10.0 Å². The van der Waals surface area contributed by atoms with Crippen LogP contribution >= 0.6 is 0 Å². The summed E-state index contributed by atoms with van der Waals surface area (Å²) in [6.45, 7) is 5.40. The van der Waals surface area contributed by atoms with Gasteiger partial charge in [0, 0.05) is 26.1 Å². The number of sulfonamides is 1. The fraction of sp³-hybridized carbons (Fsp3) is 0.611.